The van der Waals surface area contributed by atoms with Crippen molar-refractivity contribution in [1.29, 1.82) is 0 Å². The monoisotopic (exact) mass is 332 g/mol. The molecule has 0 bridgehead atoms. The Hall–Kier alpha value is -1.82. The Morgan fingerprint density at radius 3 is 3.00 bits per heavy atom. The minimum Gasteiger partial charge on any atom is -0.381 e. The van der Waals surface area contributed by atoms with Gasteiger partial charge >= 0.3 is 6.03 Å². The zero-order valence-corrected chi connectivity index (χ0v) is 14.5. The fraction of sp³-hybridized carbons (Fsp3) is 0.667. The Morgan fingerprint density at radius 2 is 2.29 bits per heavy atom. The zero-order valence-electron chi connectivity index (χ0n) is 14.5. The lowest BCUT2D eigenvalue weighted by molar-refractivity contribution is 0.166. The van der Waals surface area contributed by atoms with E-state index in [-0.39, 0.29) is 6.03 Å². The van der Waals surface area contributed by atoms with Gasteiger partial charge in [0.25, 0.3) is 0 Å². The van der Waals surface area contributed by atoms with E-state index in [0.29, 0.717) is 12.5 Å². The summed E-state index contributed by atoms with van der Waals surface area (Å²) in [6.07, 6.45) is 5.36. The molecule has 0 aliphatic carbocycles. The minimum absolute atomic E-state index is 0.00364. The van der Waals surface area contributed by atoms with Crippen LogP contribution >= 0.6 is 0 Å². The maximum atomic E-state index is 12.4. The summed E-state index contributed by atoms with van der Waals surface area (Å²) in [5, 5.41) is 3.04. The molecule has 1 aromatic rings. The third-order valence-corrected chi connectivity index (χ3v) is 4.86. The van der Waals surface area contributed by atoms with Gasteiger partial charge in [-0.1, -0.05) is 0 Å². The van der Waals surface area contributed by atoms with Crippen LogP contribution < -0.4 is 10.2 Å². The Morgan fingerprint density at radius 1 is 1.46 bits per heavy atom. The van der Waals surface area contributed by atoms with E-state index in [1.807, 2.05) is 24.1 Å². The van der Waals surface area contributed by atoms with Crippen molar-refractivity contribution in [2.75, 3.05) is 44.3 Å². The molecule has 0 spiro atoms. The van der Waals surface area contributed by atoms with Crippen LogP contribution in [0.3, 0.4) is 0 Å². The second kappa shape index (κ2) is 8.33. The van der Waals surface area contributed by atoms with Crippen molar-refractivity contribution in [1.82, 2.24) is 15.2 Å². The van der Waals surface area contributed by atoms with Gasteiger partial charge in [0.2, 0.25) is 0 Å². The number of nitrogens with one attached hydrogen (secondary N) is 1. The Labute approximate surface area is 144 Å². The van der Waals surface area contributed by atoms with E-state index in [0.717, 1.165) is 57.2 Å². The number of pyridine rings is 1. The fourth-order valence-corrected chi connectivity index (χ4v) is 3.37. The average molecular weight is 332 g/mol. The molecule has 6 heteroatoms. The smallest absolute Gasteiger partial charge is 0.317 e. The van der Waals surface area contributed by atoms with Gasteiger partial charge < -0.3 is 19.9 Å². The second-order valence-corrected chi connectivity index (χ2v) is 6.64. The lowest BCUT2D eigenvalue weighted by atomic mass is 10.1. The number of hydrogen-bond acceptors (Lipinski definition) is 4. The normalized spacial score (nSPS) is 20.4. The standard InChI is InChI=1S/C18H28N4O2/c1-2-21(13-16-6-10-24-14-16)18(23)20-12-15-5-7-19-17(11-15)22-8-3-4-9-22/h5,7,11,16H,2-4,6,8-10,12-14H2,1H3,(H,20,23)/t16-/m0/s1. The lowest BCUT2D eigenvalue weighted by Gasteiger charge is -2.24. The quantitative estimate of drug-likeness (QED) is 0.868. The molecule has 0 saturated carbocycles. The van der Waals surface area contributed by atoms with Gasteiger partial charge in [-0.25, -0.2) is 9.78 Å². The summed E-state index contributed by atoms with van der Waals surface area (Å²) >= 11 is 0. The predicted octanol–water partition coefficient (Wildman–Crippen LogP) is 2.25. The summed E-state index contributed by atoms with van der Waals surface area (Å²) in [6.45, 7) is 7.81. The van der Waals surface area contributed by atoms with Crippen molar-refractivity contribution >= 4 is 11.8 Å². The van der Waals surface area contributed by atoms with Crippen molar-refractivity contribution in [3.8, 4) is 0 Å². The Balaban J connectivity index is 1.52. The van der Waals surface area contributed by atoms with Gasteiger partial charge in [0.1, 0.15) is 5.82 Å². The first kappa shape index (κ1) is 17.0. The van der Waals surface area contributed by atoms with E-state index in [1.54, 1.807) is 0 Å². The molecule has 2 saturated heterocycles. The molecular formula is C18H28N4O2. The molecule has 1 aromatic heterocycles. The van der Waals surface area contributed by atoms with E-state index in [1.165, 1.54) is 12.8 Å². The van der Waals surface area contributed by atoms with Crippen LogP contribution in [0.2, 0.25) is 0 Å². The summed E-state index contributed by atoms with van der Waals surface area (Å²) in [6, 6.07) is 4.07. The summed E-state index contributed by atoms with van der Waals surface area (Å²) in [4.78, 5) is 21.1. The number of rotatable bonds is 6. The topological polar surface area (TPSA) is 57.7 Å². The molecule has 0 aromatic carbocycles. The number of urea groups is 1. The number of anilines is 1. The highest BCUT2D eigenvalue weighted by Gasteiger charge is 2.21. The van der Waals surface area contributed by atoms with E-state index in [4.69, 9.17) is 4.74 Å². The maximum absolute atomic E-state index is 12.4. The number of amides is 2. The summed E-state index contributed by atoms with van der Waals surface area (Å²) in [7, 11) is 0. The van der Waals surface area contributed by atoms with Gasteiger partial charge in [-0.2, -0.15) is 0 Å². The van der Waals surface area contributed by atoms with Crippen LogP contribution in [0, 0.1) is 5.92 Å². The second-order valence-electron chi connectivity index (χ2n) is 6.64. The number of carbonyl (C=O) groups excluding carboxylic acids is 1. The summed E-state index contributed by atoms with van der Waals surface area (Å²) in [5.74, 6) is 1.49. The number of hydrogen-bond donors (Lipinski definition) is 1. The van der Waals surface area contributed by atoms with Crippen molar-refractivity contribution in [3.63, 3.8) is 0 Å². The van der Waals surface area contributed by atoms with Gasteiger partial charge in [-0.15, -0.1) is 0 Å². The van der Waals surface area contributed by atoms with Crippen LogP contribution in [0.25, 0.3) is 0 Å². The fourth-order valence-electron chi connectivity index (χ4n) is 3.37. The van der Waals surface area contributed by atoms with Crippen molar-refractivity contribution < 1.29 is 9.53 Å². The number of carbonyl (C=O) groups is 1. The van der Waals surface area contributed by atoms with Crippen LogP contribution in [0.4, 0.5) is 10.6 Å². The van der Waals surface area contributed by atoms with Crippen molar-refractivity contribution in [3.05, 3.63) is 23.9 Å². The largest absolute Gasteiger partial charge is 0.381 e. The first-order valence-electron chi connectivity index (χ1n) is 9.06. The molecule has 24 heavy (non-hydrogen) atoms. The number of ether oxygens (including phenoxy) is 1. The van der Waals surface area contributed by atoms with Gasteiger partial charge in [-0.05, 0) is 43.9 Å². The number of aromatic nitrogens is 1. The van der Waals surface area contributed by atoms with Gasteiger partial charge in [0.05, 0.1) is 6.61 Å². The van der Waals surface area contributed by atoms with E-state index < -0.39 is 0 Å². The van der Waals surface area contributed by atoms with Crippen molar-refractivity contribution in [2.45, 2.75) is 32.7 Å². The molecule has 3 heterocycles. The third kappa shape index (κ3) is 4.38. The highest BCUT2D eigenvalue weighted by atomic mass is 16.5. The first-order valence-corrected chi connectivity index (χ1v) is 9.06. The highest BCUT2D eigenvalue weighted by Crippen LogP contribution is 2.18. The van der Waals surface area contributed by atoms with Crippen LogP contribution in [0.5, 0.6) is 0 Å². The molecule has 3 rings (SSSR count). The van der Waals surface area contributed by atoms with Crippen LogP contribution in [0.15, 0.2) is 18.3 Å². The molecule has 2 aliphatic rings. The van der Waals surface area contributed by atoms with Crippen LogP contribution in [-0.2, 0) is 11.3 Å². The molecule has 0 unspecified atom stereocenters. The maximum Gasteiger partial charge on any atom is 0.317 e. The molecule has 2 fully saturated rings. The summed E-state index contributed by atoms with van der Waals surface area (Å²) in [5.41, 5.74) is 1.10. The molecule has 132 valence electrons. The average Bonchev–Trinajstić information content (AvgIpc) is 3.31. The molecule has 6 nitrogen and oxygen atoms in total. The molecule has 1 atom stereocenters. The highest BCUT2D eigenvalue weighted by molar-refractivity contribution is 5.74. The third-order valence-electron chi connectivity index (χ3n) is 4.86. The van der Waals surface area contributed by atoms with E-state index >= 15 is 0 Å². The lowest BCUT2D eigenvalue weighted by Crippen LogP contribution is -2.42. The molecular weight excluding hydrogens is 304 g/mol. The molecule has 0 radical (unpaired) electrons. The summed E-state index contributed by atoms with van der Waals surface area (Å²) < 4.78 is 5.40. The number of nitrogens with zero attached hydrogens (tertiary/aromatic N) is 3. The van der Waals surface area contributed by atoms with E-state index in [2.05, 4.69) is 21.3 Å². The van der Waals surface area contributed by atoms with Crippen LogP contribution in [0.1, 0.15) is 31.7 Å². The Bertz CT molecular complexity index is 540. The van der Waals surface area contributed by atoms with Crippen molar-refractivity contribution in [2.24, 2.45) is 5.92 Å². The van der Waals surface area contributed by atoms with Gasteiger partial charge in [-0.3, -0.25) is 0 Å². The minimum atomic E-state index is 0.00364. The van der Waals surface area contributed by atoms with Gasteiger partial charge in [0, 0.05) is 51.4 Å². The Kier molecular flexibility index (Phi) is 5.91. The zero-order chi connectivity index (χ0) is 16.8. The SMILES string of the molecule is CCN(C[C@@H]1CCOC1)C(=O)NCc1ccnc(N2CCCC2)c1. The molecule has 2 amide bonds. The predicted molar refractivity (Wildman–Crippen MR) is 94.1 cm³/mol. The molecule has 2 aliphatic heterocycles. The first-order chi connectivity index (χ1) is 11.8. The van der Waals surface area contributed by atoms with E-state index in [9.17, 15) is 4.79 Å². The molecule has 1 N–H and O–H groups in total. The van der Waals surface area contributed by atoms with Crippen LogP contribution in [-0.4, -0.2) is 55.3 Å². The van der Waals surface area contributed by atoms with Gasteiger partial charge in [0.15, 0.2) is 0 Å².